The van der Waals surface area contributed by atoms with E-state index < -0.39 is 30.4 Å². The maximum Gasteiger partial charge on any atom is 0.407 e. The second-order valence-corrected chi connectivity index (χ2v) is 6.65. The van der Waals surface area contributed by atoms with Gasteiger partial charge in [0.25, 0.3) is 0 Å². The van der Waals surface area contributed by atoms with Crippen molar-refractivity contribution >= 4 is 5.97 Å². The highest BCUT2D eigenvalue weighted by atomic mass is 19.3. The molecule has 0 aliphatic rings. The van der Waals surface area contributed by atoms with Crippen LogP contribution >= 0.6 is 0 Å². The van der Waals surface area contributed by atoms with E-state index in [1.54, 1.807) is 0 Å². The Kier molecular flexibility index (Phi) is 12.0. The zero-order valence-electron chi connectivity index (χ0n) is 15.0. The third-order valence-corrected chi connectivity index (χ3v) is 4.39. The summed E-state index contributed by atoms with van der Waals surface area (Å²) in [6, 6.07) is 0. The lowest BCUT2D eigenvalue weighted by Crippen LogP contribution is -2.52. The number of hydrogen-bond acceptors (Lipinski definition) is 1. The van der Waals surface area contributed by atoms with E-state index in [0.717, 1.165) is 25.7 Å². The second-order valence-electron chi connectivity index (χ2n) is 6.65. The van der Waals surface area contributed by atoms with E-state index in [4.69, 9.17) is 5.11 Å². The molecule has 0 rings (SSSR count). The van der Waals surface area contributed by atoms with Crippen molar-refractivity contribution in [1.82, 2.24) is 0 Å². The van der Waals surface area contributed by atoms with Gasteiger partial charge < -0.3 is 5.11 Å². The Balaban J connectivity index is 3.70. The first-order valence-electron chi connectivity index (χ1n) is 9.31. The molecule has 2 nitrogen and oxygen atoms in total. The summed E-state index contributed by atoms with van der Waals surface area (Å²) in [7, 11) is 0. The summed E-state index contributed by atoms with van der Waals surface area (Å²) in [5, 5.41) is 8.10. The molecule has 0 radical (unpaired) electrons. The van der Waals surface area contributed by atoms with E-state index >= 15 is 0 Å². The molecule has 0 amide bonds. The van der Waals surface area contributed by atoms with E-state index in [-0.39, 0.29) is 6.42 Å². The van der Waals surface area contributed by atoms with Crippen LogP contribution in [0.5, 0.6) is 0 Å². The maximum absolute atomic E-state index is 13.3. The van der Waals surface area contributed by atoms with Gasteiger partial charge in [-0.1, -0.05) is 84.0 Å². The van der Waals surface area contributed by atoms with Crippen molar-refractivity contribution in [2.75, 3.05) is 0 Å². The van der Waals surface area contributed by atoms with Crippen LogP contribution in [0.15, 0.2) is 0 Å². The molecule has 0 spiro atoms. The van der Waals surface area contributed by atoms with Crippen LogP contribution in [0, 0.1) is 0 Å². The van der Waals surface area contributed by atoms with Crippen molar-refractivity contribution in [2.45, 2.75) is 108 Å². The monoisotopic (exact) mass is 374 g/mol. The van der Waals surface area contributed by atoms with Gasteiger partial charge in [-0.25, -0.2) is 9.18 Å². The predicted molar refractivity (Wildman–Crippen MR) is 88.1 cm³/mol. The Morgan fingerprint density at radius 3 is 1.52 bits per heavy atom. The Morgan fingerprint density at radius 1 is 0.800 bits per heavy atom. The average molecular weight is 374 g/mol. The average Bonchev–Trinajstić information content (AvgIpc) is 2.55. The number of carbonyl (C=O) groups is 1. The Hall–Kier alpha value is -0.880. The molecule has 1 N–H and O–H groups in total. The maximum atomic E-state index is 13.3. The molecule has 150 valence electrons. The molecule has 0 bridgehead atoms. The Bertz CT molecular complexity index is 361. The lowest BCUT2D eigenvalue weighted by molar-refractivity contribution is -0.244. The molecule has 0 aliphatic heterocycles. The van der Waals surface area contributed by atoms with Crippen molar-refractivity contribution in [3.63, 3.8) is 0 Å². The van der Waals surface area contributed by atoms with Crippen LogP contribution in [0.4, 0.5) is 22.0 Å². The fourth-order valence-electron chi connectivity index (χ4n) is 2.69. The lowest BCUT2D eigenvalue weighted by atomic mass is 10.00. The largest absolute Gasteiger partial charge is 0.477 e. The molecule has 0 heterocycles. The van der Waals surface area contributed by atoms with Crippen LogP contribution in [0.2, 0.25) is 0 Å². The van der Waals surface area contributed by atoms with Gasteiger partial charge in [-0.05, 0) is 6.42 Å². The molecule has 1 unspecified atom stereocenters. The zero-order chi connectivity index (χ0) is 19.3. The van der Waals surface area contributed by atoms with Gasteiger partial charge in [0.1, 0.15) is 0 Å². The molecule has 0 saturated carbocycles. The van der Waals surface area contributed by atoms with Gasteiger partial charge in [0.05, 0.1) is 0 Å². The fourth-order valence-corrected chi connectivity index (χ4v) is 2.69. The Morgan fingerprint density at radius 2 is 1.16 bits per heavy atom. The van der Waals surface area contributed by atoms with Gasteiger partial charge in [0, 0.05) is 0 Å². The molecule has 1 atom stereocenters. The molecular weight excluding hydrogens is 343 g/mol. The molecule has 0 aliphatic carbocycles. The summed E-state index contributed by atoms with van der Waals surface area (Å²) in [5.41, 5.74) is 0. The highest BCUT2D eigenvalue weighted by Gasteiger charge is 2.66. The van der Waals surface area contributed by atoms with Crippen LogP contribution in [0.25, 0.3) is 0 Å². The number of rotatable bonds is 16. The van der Waals surface area contributed by atoms with E-state index in [1.807, 2.05) is 0 Å². The van der Waals surface area contributed by atoms with E-state index in [9.17, 15) is 26.7 Å². The molecular formula is C18H31F5O2. The normalized spacial score (nSPS) is 13.8. The minimum atomic E-state index is -5.39. The standard InChI is InChI=1S/C18H31F5O2/c1-2-3-4-5-6-7-8-9-10-11-12-13-14-15(19)17(20,21)18(22,23)16(24)25/h15H,2-14H2,1H3,(H,24,25). The molecule has 0 aromatic heterocycles. The van der Waals surface area contributed by atoms with Crippen LogP contribution in [0.3, 0.4) is 0 Å². The van der Waals surface area contributed by atoms with Crippen LogP contribution in [0.1, 0.15) is 90.4 Å². The summed E-state index contributed by atoms with van der Waals surface area (Å²) < 4.78 is 65.3. The second kappa shape index (κ2) is 12.5. The van der Waals surface area contributed by atoms with Crippen LogP contribution < -0.4 is 0 Å². The SMILES string of the molecule is CCCCCCCCCCCCCCC(F)C(F)(F)C(F)(F)C(=O)O. The molecule has 0 fully saturated rings. The smallest absolute Gasteiger partial charge is 0.407 e. The van der Waals surface area contributed by atoms with Crippen LogP contribution in [-0.2, 0) is 4.79 Å². The lowest BCUT2D eigenvalue weighted by Gasteiger charge is -2.25. The first-order chi connectivity index (χ1) is 11.7. The van der Waals surface area contributed by atoms with Crippen molar-refractivity contribution in [1.29, 1.82) is 0 Å². The van der Waals surface area contributed by atoms with Gasteiger partial charge in [-0.2, -0.15) is 17.6 Å². The van der Waals surface area contributed by atoms with Gasteiger partial charge >= 0.3 is 17.8 Å². The number of alkyl halides is 5. The number of carboxylic acid groups (broad SMARTS) is 1. The molecule has 25 heavy (non-hydrogen) atoms. The fraction of sp³-hybridized carbons (Fsp3) is 0.944. The molecule has 0 aromatic rings. The summed E-state index contributed by atoms with van der Waals surface area (Å²) in [4.78, 5) is 10.2. The summed E-state index contributed by atoms with van der Waals surface area (Å²) in [6.07, 6.45) is 7.81. The van der Waals surface area contributed by atoms with Crippen molar-refractivity contribution in [3.05, 3.63) is 0 Å². The van der Waals surface area contributed by atoms with Gasteiger partial charge in [-0.3, -0.25) is 0 Å². The van der Waals surface area contributed by atoms with Crippen molar-refractivity contribution in [3.8, 4) is 0 Å². The van der Waals surface area contributed by atoms with E-state index in [1.165, 1.54) is 38.5 Å². The predicted octanol–water partition coefficient (Wildman–Crippen LogP) is 6.77. The van der Waals surface area contributed by atoms with E-state index in [2.05, 4.69) is 6.92 Å². The number of unbranched alkanes of at least 4 members (excludes halogenated alkanes) is 11. The van der Waals surface area contributed by atoms with E-state index in [0.29, 0.717) is 6.42 Å². The van der Waals surface area contributed by atoms with Crippen molar-refractivity contribution in [2.24, 2.45) is 0 Å². The first kappa shape index (κ1) is 24.1. The number of hydrogen-bond donors (Lipinski definition) is 1. The third-order valence-electron chi connectivity index (χ3n) is 4.39. The highest BCUT2D eigenvalue weighted by molar-refractivity contribution is 5.76. The quantitative estimate of drug-likeness (QED) is 0.239. The van der Waals surface area contributed by atoms with Crippen molar-refractivity contribution < 1.29 is 31.9 Å². The minimum absolute atomic E-state index is 0.0451. The van der Waals surface area contributed by atoms with Crippen LogP contribution in [-0.4, -0.2) is 29.1 Å². The summed E-state index contributed by atoms with van der Waals surface area (Å²) >= 11 is 0. The van der Waals surface area contributed by atoms with Gasteiger partial charge in [-0.15, -0.1) is 0 Å². The van der Waals surface area contributed by atoms with Gasteiger partial charge in [0.2, 0.25) is 0 Å². The number of halogens is 5. The van der Waals surface area contributed by atoms with Gasteiger partial charge in [0.15, 0.2) is 6.17 Å². The first-order valence-corrected chi connectivity index (χ1v) is 9.31. The number of aliphatic carboxylic acids is 1. The molecule has 7 heteroatoms. The minimum Gasteiger partial charge on any atom is -0.477 e. The highest BCUT2D eigenvalue weighted by Crippen LogP contribution is 2.40. The number of carboxylic acids is 1. The third kappa shape index (κ3) is 8.86. The topological polar surface area (TPSA) is 37.3 Å². The Labute approximate surface area is 147 Å². The molecule has 0 saturated heterocycles. The summed E-state index contributed by atoms with van der Waals surface area (Å²) in [6.45, 7) is 2.17. The zero-order valence-corrected chi connectivity index (χ0v) is 15.0. The molecule has 0 aromatic carbocycles. The summed E-state index contributed by atoms with van der Waals surface area (Å²) in [5.74, 6) is -13.6.